The molecule has 1 heterocycles. The summed E-state index contributed by atoms with van der Waals surface area (Å²) in [6, 6.07) is 7.23. The van der Waals surface area contributed by atoms with Crippen LogP contribution in [0.25, 0.3) is 0 Å². The molecule has 0 N–H and O–H groups in total. The van der Waals surface area contributed by atoms with E-state index >= 15 is 0 Å². The Hall–Kier alpha value is -2.30. The molecule has 2 rings (SSSR count). The zero-order valence-corrected chi connectivity index (χ0v) is 10.3. The van der Waals surface area contributed by atoms with Crippen LogP contribution in [0.15, 0.2) is 36.7 Å². The van der Waals surface area contributed by atoms with Crippen LogP contribution in [-0.4, -0.2) is 30.0 Å². The minimum atomic E-state index is -0.405. The first-order valence-electron chi connectivity index (χ1n) is 5.47. The van der Waals surface area contributed by atoms with Crippen molar-refractivity contribution in [2.24, 2.45) is 0 Å². The van der Waals surface area contributed by atoms with Crippen molar-refractivity contribution in [3.05, 3.63) is 47.8 Å². The molecular weight excluding hydrogens is 232 g/mol. The Morgan fingerprint density at radius 2 is 2.22 bits per heavy atom. The first-order chi connectivity index (χ1) is 8.74. The first-order valence-corrected chi connectivity index (χ1v) is 5.47. The monoisotopic (exact) mass is 246 g/mol. The van der Waals surface area contributed by atoms with Crippen LogP contribution in [0.4, 0.5) is 0 Å². The maximum atomic E-state index is 11.5. The lowest BCUT2D eigenvalue weighted by molar-refractivity contribution is 0.0597. The molecule has 18 heavy (non-hydrogen) atoms. The Morgan fingerprint density at radius 1 is 1.39 bits per heavy atom. The summed E-state index contributed by atoms with van der Waals surface area (Å²) in [5.74, 6) is 0.101. The van der Waals surface area contributed by atoms with E-state index in [9.17, 15) is 4.79 Å². The Kier molecular flexibility index (Phi) is 3.62. The maximum absolute atomic E-state index is 11.5. The van der Waals surface area contributed by atoms with E-state index in [1.54, 1.807) is 16.9 Å². The third-order valence-electron chi connectivity index (χ3n) is 2.58. The van der Waals surface area contributed by atoms with Crippen LogP contribution in [0.5, 0.6) is 5.75 Å². The molecule has 0 spiro atoms. The molecule has 0 unspecified atom stereocenters. The highest BCUT2D eigenvalue weighted by Crippen LogP contribution is 2.21. The number of carbonyl (C=O) groups excluding carboxylic acids is 1. The van der Waals surface area contributed by atoms with Crippen LogP contribution in [-0.2, 0) is 11.3 Å². The second-order valence-corrected chi connectivity index (χ2v) is 3.73. The van der Waals surface area contributed by atoms with Gasteiger partial charge in [-0.3, -0.25) is 4.68 Å². The highest BCUT2D eigenvalue weighted by atomic mass is 16.5. The average molecular weight is 246 g/mol. The molecule has 0 amide bonds. The molecule has 1 aromatic heterocycles. The Labute approximate surface area is 105 Å². The smallest absolute Gasteiger partial charge is 0.341 e. The average Bonchev–Trinajstić information content (AvgIpc) is 2.90. The van der Waals surface area contributed by atoms with E-state index < -0.39 is 5.97 Å². The fourth-order valence-corrected chi connectivity index (χ4v) is 1.69. The number of rotatable bonds is 4. The van der Waals surface area contributed by atoms with Crippen molar-refractivity contribution in [1.82, 2.24) is 9.78 Å². The van der Waals surface area contributed by atoms with Gasteiger partial charge in [0.2, 0.25) is 0 Å². The Bertz CT molecular complexity index is 535. The third kappa shape index (κ3) is 2.51. The number of carbonyl (C=O) groups is 1. The molecule has 0 aliphatic rings. The van der Waals surface area contributed by atoms with Crippen LogP contribution >= 0.6 is 0 Å². The summed E-state index contributed by atoms with van der Waals surface area (Å²) in [6.45, 7) is 0.630. The van der Waals surface area contributed by atoms with E-state index in [1.807, 2.05) is 24.4 Å². The predicted molar refractivity (Wildman–Crippen MR) is 65.7 cm³/mol. The largest absolute Gasteiger partial charge is 0.496 e. The zero-order chi connectivity index (χ0) is 13.0. The normalized spacial score (nSPS) is 10.1. The molecule has 0 fully saturated rings. The van der Waals surface area contributed by atoms with Gasteiger partial charge in [-0.25, -0.2) is 4.79 Å². The standard InChI is InChI=1S/C13H14N2O3/c1-17-12-8-10(9-15-7-3-6-14-15)4-5-11(12)13(16)18-2/h3-8H,9H2,1-2H3. The molecule has 0 bridgehead atoms. The highest BCUT2D eigenvalue weighted by Gasteiger charge is 2.13. The van der Waals surface area contributed by atoms with Gasteiger partial charge in [0.25, 0.3) is 0 Å². The first kappa shape index (κ1) is 12.2. The lowest BCUT2D eigenvalue weighted by Crippen LogP contribution is -2.06. The van der Waals surface area contributed by atoms with Crippen LogP contribution in [0.3, 0.4) is 0 Å². The van der Waals surface area contributed by atoms with Crippen LogP contribution in [0, 0.1) is 0 Å². The molecule has 0 saturated carbocycles. The van der Waals surface area contributed by atoms with Crippen molar-refractivity contribution >= 4 is 5.97 Å². The molecule has 0 radical (unpaired) electrons. The SMILES string of the molecule is COC(=O)c1ccc(Cn2cccn2)cc1OC. The number of aromatic nitrogens is 2. The van der Waals surface area contributed by atoms with Gasteiger partial charge in [0.15, 0.2) is 0 Å². The van der Waals surface area contributed by atoms with Crippen molar-refractivity contribution in [3.63, 3.8) is 0 Å². The van der Waals surface area contributed by atoms with Gasteiger partial charge in [-0.05, 0) is 23.8 Å². The minimum Gasteiger partial charge on any atom is -0.496 e. The molecule has 0 saturated heterocycles. The van der Waals surface area contributed by atoms with E-state index in [-0.39, 0.29) is 0 Å². The number of hydrogen-bond acceptors (Lipinski definition) is 4. The Morgan fingerprint density at radius 3 is 2.83 bits per heavy atom. The fraction of sp³-hybridized carbons (Fsp3) is 0.231. The number of nitrogens with zero attached hydrogens (tertiary/aromatic N) is 2. The summed E-state index contributed by atoms with van der Waals surface area (Å²) in [5.41, 5.74) is 1.42. The quantitative estimate of drug-likeness (QED) is 0.771. The number of ether oxygens (including phenoxy) is 2. The van der Waals surface area contributed by atoms with Gasteiger partial charge < -0.3 is 9.47 Å². The Balaban J connectivity index is 2.27. The van der Waals surface area contributed by atoms with Crippen molar-refractivity contribution in [2.45, 2.75) is 6.54 Å². The number of benzene rings is 1. The number of esters is 1. The molecular formula is C13H14N2O3. The van der Waals surface area contributed by atoms with Crippen LogP contribution in [0.1, 0.15) is 15.9 Å². The van der Waals surface area contributed by atoms with Crippen molar-refractivity contribution in [3.8, 4) is 5.75 Å². The van der Waals surface area contributed by atoms with Gasteiger partial charge in [0.1, 0.15) is 11.3 Å². The van der Waals surface area contributed by atoms with Gasteiger partial charge in [-0.2, -0.15) is 5.10 Å². The zero-order valence-electron chi connectivity index (χ0n) is 10.3. The molecule has 5 heteroatoms. The van der Waals surface area contributed by atoms with E-state index in [0.29, 0.717) is 17.9 Å². The predicted octanol–water partition coefficient (Wildman–Crippen LogP) is 1.73. The van der Waals surface area contributed by atoms with Crippen molar-refractivity contribution < 1.29 is 14.3 Å². The summed E-state index contributed by atoms with van der Waals surface area (Å²) >= 11 is 0. The lowest BCUT2D eigenvalue weighted by Gasteiger charge is -2.09. The molecule has 1 aromatic carbocycles. The van der Waals surface area contributed by atoms with E-state index in [0.717, 1.165) is 5.56 Å². The van der Waals surface area contributed by atoms with Crippen molar-refractivity contribution in [1.29, 1.82) is 0 Å². The minimum absolute atomic E-state index is 0.405. The molecule has 0 atom stereocenters. The van der Waals surface area contributed by atoms with Gasteiger partial charge in [-0.15, -0.1) is 0 Å². The summed E-state index contributed by atoms with van der Waals surface area (Å²) in [7, 11) is 2.87. The molecule has 5 nitrogen and oxygen atoms in total. The third-order valence-corrected chi connectivity index (χ3v) is 2.58. The molecule has 0 aliphatic carbocycles. The number of methoxy groups -OCH3 is 2. The van der Waals surface area contributed by atoms with Crippen LogP contribution in [0.2, 0.25) is 0 Å². The molecule has 2 aromatic rings. The summed E-state index contributed by atoms with van der Waals surface area (Å²) in [6.07, 6.45) is 3.60. The second kappa shape index (κ2) is 5.35. The summed E-state index contributed by atoms with van der Waals surface area (Å²) < 4.78 is 11.7. The maximum Gasteiger partial charge on any atom is 0.341 e. The molecule has 94 valence electrons. The van der Waals surface area contributed by atoms with Crippen LogP contribution < -0.4 is 4.74 Å². The topological polar surface area (TPSA) is 53.4 Å². The fourth-order valence-electron chi connectivity index (χ4n) is 1.69. The van der Waals surface area contributed by atoms with E-state index in [4.69, 9.17) is 4.74 Å². The van der Waals surface area contributed by atoms with E-state index in [2.05, 4.69) is 9.84 Å². The van der Waals surface area contributed by atoms with E-state index in [1.165, 1.54) is 14.2 Å². The van der Waals surface area contributed by atoms with Gasteiger partial charge in [-0.1, -0.05) is 6.07 Å². The van der Waals surface area contributed by atoms with Crippen molar-refractivity contribution in [2.75, 3.05) is 14.2 Å². The number of hydrogen-bond donors (Lipinski definition) is 0. The van der Waals surface area contributed by atoms with Gasteiger partial charge in [0.05, 0.1) is 20.8 Å². The second-order valence-electron chi connectivity index (χ2n) is 3.73. The summed E-state index contributed by atoms with van der Waals surface area (Å²) in [4.78, 5) is 11.5. The lowest BCUT2D eigenvalue weighted by atomic mass is 10.1. The van der Waals surface area contributed by atoms with Gasteiger partial charge in [0, 0.05) is 12.4 Å². The summed E-state index contributed by atoms with van der Waals surface area (Å²) in [5, 5.41) is 4.12. The molecule has 0 aliphatic heterocycles. The van der Waals surface area contributed by atoms with Gasteiger partial charge >= 0.3 is 5.97 Å². The highest BCUT2D eigenvalue weighted by molar-refractivity contribution is 5.92.